The second kappa shape index (κ2) is 13.2. The van der Waals surface area contributed by atoms with Gasteiger partial charge in [-0.05, 0) is 63.7 Å². The zero-order valence-electron chi connectivity index (χ0n) is 14.5. The lowest BCUT2D eigenvalue weighted by Gasteiger charge is -2.11. The van der Waals surface area contributed by atoms with Crippen LogP contribution < -0.4 is 4.74 Å². The Bertz CT molecular complexity index is 480. The SMILES string of the molecule is CCCCCCCCCCCCOc1c(I)cc(C(=O)O)cc1I. The number of halogens is 2. The van der Waals surface area contributed by atoms with Crippen molar-refractivity contribution < 1.29 is 14.6 Å². The molecule has 5 heteroatoms. The normalized spacial score (nSPS) is 10.8. The summed E-state index contributed by atoms with van der Waals surface area (Å²) in [6, 6.07) is 3.33. The van der Waals surface area contributed by atoms with E-state index in [1.54, 1.807) is 12.1 Å². The van der Waals surface area contributed by atoms with Gasteiger partial charge in [-0.15, -0.1) is 0 Å². The van der Waals surface area contributed by atoms with Crippen molar-refractivity contribution in [3.63, 3.8) is 0 Å². The molecular formula is C19H28I2O3. The summed E-state index contributed by atoms with van der Waals surface area (Å²) in [5, 5.41) is 9.05. The topological polar surface area (TPSA) is 46.5 Å². The summed E-state index contributed by atoms with van der Waals surface area (Å²) in [5.74, 6) is -0.0794. The third-order valence-corrected chi connectivity index (χ3v) is 5.59. The fourth-order valence-corrected chi connectivity index (χ4v) is 4.66. The highest BCUT2D eigenvalue weighted by Gasteiger charge is 2.12. The van der Waals surface area contributed by atoms with Gasteiger partial charge in [-0.3, -0.25) is 0 Å². The average molecular weight is 558 g/mol. The molecule has 0 aliphatic rings. The van der Waals surface area contributed by atoms with Crippen LogP contribution in [0.5, 0.6) is 5.75 Å². The first kappa shape index (κ1) is 22.0. The van der Waals surface area contributed by atoms with Crippen LogP contribution in [0.2, 0.25) is 0 Å². The first-order chi connectivity index (χ1) is 11.6. The molecule has 1 aromatic rings. The van der Waals surface area contributed by atoms with E-state index in [-0.39, 0.29) is 0 Å². The van der Waals surface area contributed by atoms with Gasteiger partial charge in [-0.2, -0.15) is 0 Å². The number of carbonyl (C=O) groups is 1. The monoisotopic (exact) mass is 558 g/mol. The Kier molecular flexibility index (Phi) is 12.1. The van der Waals surface area contributed by atoms with Gasteiger partial charge in [0, 0.05) is 0 Å². The van der Waals surface area contributed by atoms with Gasteiger partial charge >= 0.3 is 5.97 Å². The molecule has 0 saturated heterocycles. The number of ether oxygens (including phenoxy) is 1. The van der Waals surface area contributed by atoms with Crippen LogP contribution in [0.25, 0.3) is 0 Å². The molecule has 0 unspecified atom stereocenters. The molecule has 0 aliphatic carbocycles. The van der Waals surface area contributed by atoms with Crippen LogP contribution in [0.3, 0.4) is 0 Å². The van der Waals surface area contributed by atoms with Gasteiger partial charge in [-0.25, -0.2) is 4.79 Å². The predicted molar refractivity (Wildman–Crippen MR) is 116 cm³/mol. The average Bonchev–Trinajstić information content (AvgIpc) is 2.54. The molecule has 0 amide bonds. The van der Waals surface area contributed by atoms with E-state index in [1.165, 1.54) is 57.8 Å². The van der Waals surface area contributed by atoms with Crippen molar-refractivity contribution in [3.8, 4) is 5.75 Å². The van der Waals surface area contributed by atoms with Gasteiger partial charge in [0.15, 0.2) is 0 Å². The zero-order chi connectivity index (χ0) is 17.8. The van der Waals surface area contributed by atoms with E-state index in [2.05, 4.69) is 52.1 Å². The lowest BCUT2D eigenvalue weighted by atomic mass is 10.1. The molecule has 0 fully saturated rings. The van der Waals surface area contributed by atoms with Crippen molar-refractivity contribution >= 4 is 51.2 Å². The van der Waals surface area contributed by atoms with Gasteiger partial charge in [0.1, 0.15) is 5.75 Å². The Balaban J connectivity index is 2.14. The second-order valence-electron chi connectivity index (χ2n) is 6.10. The number of aromatic carboxylic acids is 1. The van der Waals surface area contributed by atoms with Crippen LogP contribution in [0, 0.1) is 7.14 Å². The molecule has 0 atom stereocenters. The largest absolute Gasteiger partial charge is 0.491 e. The number of carboxylic acid groups (broad SMARTS) is 1. The Morgan fingerprint density at radius 3 is 1.83 bits per heavy atom. The summed E-state index contributed by atoms with van der Waals surface area (Å²) in [7, 11) is 0. The molecule has 0 bridgehead atoms. The van der Waals surface area contributed by atoms with Gasteiger partial charge in [0.25, 0.3) is 0 Å². The van der Waals surface area contributed by atoms with Gasteiger partial charge < -0.3 is 9.84 Å². The van der Waals surface area contributed by atoms with E-state index in [1.807, 2.05) is 0 Å². The lowest BCUT2D eigenvalue weighted by Crippen LogP contribution is -2.04. The summed E-state index contributed by atoms with van der Waals surface area (Å²) in [4.78, 5) is 11.0. The molecular weight excluding hydrogens is 530 g/mol. The molecule has 0 saturated carbocycles. The Morgan fingerprint density at radius 2 is 1.38 bits per heavy atom. The molecule has 1 rings (SSSR count). The van der Waals surface area contributed by atoms with E-state index in [9.17, 15) is 4.79 Å². The van der Waals surface area contributed by atoms with Crippen LogP contribution in [-0.2, 0) is 0 Å². The minimum Gasteiger partial charge on any atom is -0.491 e. The van der Waals surface area contributed by atoms with E-state index in [0.29, 0.717) is 12.2 Å². The molecule has 0 radical (unpaired) electrons. The summed E-state index contributed by atoms with van der Waals surface area (Å²) >= 11 is 4.29. The number of hydrogen-bond acceptors (Lipinski definition) is 2. The lowest BCUT2D eigenvalue weighted by molar-refractivity contribution is 0.0696. The Hall–Kier alpha value is -0.0500. The standard InChI is InChI=1S/C19H28I2O3/c1-2-3-4-5-6-7-8-9-10-11-12-24-18-16(20)13-15(19(22)23)14-17(18)21/h13-14H,2-12H2,1H3,(H,22,23). The Morgan fingerprint density at radius 1 is 0.917 bits per heavy atom. The van der Waals surface area contributed by atoms with Crippen molar-refractivity contribution in [2.75, 3.05) is 6.61 Å². The van der Waals surface area contributed by atoms with Gasteiger partial charge in [0.05, 0.1) is 19.3 Å². The van der Waals surface area contributed by atoms with Crippen LogP contribution in [0.1, 0.15) is 81.5 Å². The van der Waals surface area contributed by atoms with Crippen LogP contribution in [0.15, 0.2) is 12.1 Å². The van der Waals surface area contributed by atoms with E-state index < -0.39 is 5.97 Å². The minimum absolute atomic E-state index is 0.315. The van der Waals surface area contributed by atoms with Gasteiger partial charge in [-0.1, -0.05) is 64.7 Å². The summed E-state index contributed by atoms with van der Waals surface area (Å²) < 4.78 is 7.60. The molecule has 0 aliphatic heterocycles. The Labute approximate surface area is 173 Å². The molecule has 136 valence electrons. The van der Waals surface area contributed by atoms with Crippen molar-refractivity contribution in [2.45, 2.75) is 71.1 Å². The van der Waals surface area contributed by atoms with Gasteiger partial charge in [0.2, 0.25) is 0 Å². The highest BCUT2D eigenvalue weighted by Crippen LogP contribution is 2.29. The number of carboxylic acids is 1. The maximum absolute atomic E-state index is 11.0. The van der Waals surface area contributed by atoms with Crippen LogP contribution in [-0.4, -0.2) is 17.7 Å². The van der Waals surface area contributed by atoms with Crippen molar-refractivity contribution in [2.24, 2.45) is 0 Å². The summed E-state index contributed by atoms with van der Waals surface area (Å²) in [6.45, 7) is 2.96. The van der Waals surface area contributed by atoms with Crippen molar-refractivity contribution in [1.29, 1.82) is 0 Å². The smallest absolute Gasteiger partial charge is 0.335 e. The highest BCUT2D eigenvalue weighted by molar-refractivity contribution is 14.1. The van der Waals surface area contributed by atoms with E-state index in [4.69, 9.17) is 9.84 Å². The van der Waals surface area contributed by atoms with E-state index in [0.717, 1.165) is 19.3 Å². The second-order valence-corrected chi connectivity index (χ2v) is 8.43. The molecule has 3 nitrogen and oxygen atoms in total. The van der Waals surface area contributed by atoms with Crippen LogP contribution in [0.4, 0.5) is 0 Å². The predicted octanol–water partition coefficient (Wildman–Crippen LogP) is 6.89. The highest BCUT2D eigenvalue weighted by atomic mass is 127. The fourth-order valence-electron chi connectivity index (χ4n) is 2.58. The van der Waals surface area contributed by atoms with E-state index >= 15 is 0 Å². The minimum atomic E-state index is -0.896. The molecule has 0 aromatic heterocycles. The number of unbranched alkanes of at least 4 members (excludes halogenated alkanes) is 9. The maximum Gasteiger partial charge on any atom is 0.335 e. The zero-order valence-corrected chi connectivity index (χ0v) is 18.8. The summed E-state index contributed by atoms with van der Waals surface area (Å²) in [5.41, 5.74) is 0.315. The molecule has 1 aromatic carbocycles. The first-order valence-electron chi connectivity index (χ1n) is 8.91. The number of rotatable bonds is 13. The molecule has 0 heterocycles. The number of hydrogen-bond donors (Lipinski definition) is 1. The molecule has 1 N–H and O–H groups in total. The van der Waals surface area contributed by atoms with Crippen molar-refractivity contribution in [3.05, 3.63) is 24.8 Å². The quantitative estimate of drug-likeness (QED) is 0.212. The maximum atomic E-state index is 11.0. The molecule has 0 spiro atoms. The summed E-state index contributed by atoms with van der Waals surface area (Å²) in [6.07, 6.45) is 13.1. The number of benzene rings is 1. The first-order valence-corrected chi connectivity index (χ1v) is 11.1. The third kappa shape index (κ3) is 8.87. The fraction of sp³-hybridized carbons (Fsp3) is 0.632. The van der Waals surface area contributed by atoms with Crippen molar-refractivity contribution in [1.82, 2.24) is 0 Å². The van der Waals surface area contributed by atoms with Crippen LogP contribution >= 0.6 is 45.2 Å². The third-order valence-electron chi connectivity index (χ3n) is 3.99. The molecule has 24 heavy (non-hydrogen) atoms.